The molecular formula is C15H21BrN2O2. The molecular weight excluding hydrogens is 320 g/mol. The molecule has 1 atom stereocenters. The van der Waals surface area contributed by atoms with E-state index in [1.165, 1.54) is 0 Å². The summed E-state index contributed by atoms with van der Waals surface area (Å²) in [5.41, 5.74) is 0.664. The molecule has 0 spiro atoms. The average molecular weight is 341 g/mol. The number of benzene rings is 1. The minimum absolute atomic E-state index is 0.0620. The molecule has 1 unspecified atom stereocenters. The summed E-state index contributed by atoms with van der Waals surface area (Å²) in [6.07, 6.45) is 2.18. The SMILES string of the molecule is CCN(C(=O)c1cc(OC)ccc1Br)C1CCCNC1. The Labute approximate surface area is 128 Å². The number of hydrogen-bond donors (Lipinski definition) is 1. The Morgan fingerprint density at radius 1 is 1.55 bits per heavy atom. The molecule has 0 aliphatic carbocycles. The van der Waals surface area contributed by atoms with Crippen LogP contribution in [0.25, 0.3) is 0 Å². The normalized spacial score (nSPS) is 18.6. The molecule has 5 heteroatoms. The summed E-state index contributed by atoms with van der Waals surface area (Å²) < 4.78 is 6.03. The van der Waals surface area contributed by atoms with Crippen molar-refractivity contribution < 1.29 is 9.53 Å². The first-order valence-corrected chi connectivity index (χ1v) is 7.82. The smallest absolute Gasteiger partial charge is 0.255 e. The van der Waals surface area contributed by atoms with E-state index in [1.807, 2.05) is 24.0 Å². The summed E-state index contributed by atoms with van der Waals surface area (Å²) in [6.45, 7) is 4.67. The number of rotatable bonds is 4. The lowest BCUT2D eigenvalue weighted by Crippen LogP contribution is -2.48. The summed E-state index contributed by atoms with van der Waals surface area (Å²) in [6, 6.07) is 5.78. The molecule has 0 aromatic heterocycles. The fourth-order valence-corrected chi connectivity index (χ4v) is 3.03. The van der Waals surface area contributed by atoms with Crippen LogP contribution in [-0.2, 0) is 0 Å². The van der Waals surface area contributed by atoms with Crippen molar-refractivity contribution in [2.75, 3.05) is 26.7 Å². The third kappa shape index (κ3) is 3.33. The molecule has 2 rings (SSSR count). The molecule has 1 amide bonds. The van der Waals surface area contributed by atoms with E-state index >= 15 is 0 Å². The van der Waals surface area contributed by atoms with Crippen LogP contribution >= 0.6 is 15.9 Å². The summed E-state index contributed by atoms with van der Waals surface area (Å²) in [4.78, 5) is 14.7. The molecule has 1 aliphatic heterocycles. The molecule has 0 radical (unpaired) electrons. The molecule has 20 heavy (non-hydrogen) atoms. The number of halogens is 1. The number of nitrogens with zero attached hydrogens (tertiary/aromatic N) is 1. The van der Waals surface area contributed by atoms with Crippen molar-refractivity contribution in [2.24, 2.45) is 0 Å². The Morgan fingerprint density at radius 2 is 2.35 bits per heavy atom. The molecule has 1 fully saturated rings. The number of ether oxygens (including phenoxy) is 1. The Kier molecular flexibility index (Phi) is 5.43. The minimum atomic E-state index is 0.0620. The van der Waals surface area contributed by atoms with Crippen molar-refractivity contribution in [3.8, 4) is 5.75 Å². The second kappa shape index (κ2) is 7.09. The van der Waals surface area contributed by atoms with Gasteiger partial charge in [-0.05, 0) is 60.4 Å². The molecule has 1 aromatic rings. The Bertz CT molecular complexity index is 473. The van der Waals surface area contributed by atoms with Gasteiger partial charge in [0.05, 0.1) is 12.7 Å². The van der Waals surface area contributed by atoms with Crippen molar-refractivity contribution in [3.05, 3.63) is 28.2 Å². The van der Waals surface area contributed by atoms with Gasteiger partial charge >= 0.3 is 0 Å². The van der Waals surface area contributed by atoms with Crippen molar-refractivity contribution in [3.63, 3.8) is 0 Å². The highest BCUT2D eigenvalue weighted by atomic mass is 79.9. The van der Waals surface area contributed by atoms with Crippen molar-refractivity contribution in [2.45, 2.75) is 25.8 Å². The van der Waals surface area contributed by atoms with Gasteiger partial charge in [0.1, 0.15) is 5.75 Å². The van der Waals surface area contributed by atoms with E-state index in [-0.39, 0.29) is 11.9 Å². The first-order valence-electron chi connectivity index (χ1n) is 7.02. The van der Waals surface area contributed by atoms with Gasteiger partial charge in [-0.15, -0.1) is 0 Å². The number of hydrogen-bond acceptors (Lipinski definition) is 3. The minimum Gasteiger partial charge on any atom is -0.497 e. The summed E-state index contributed by atoms with van der Waals surface area (Å²) in [5.74, 6) is 0.765. The van der Waals surface area contributed by atoms with Gasteiger partial charge in [0.25, 0.3) is 5.91 Å². The van der Waals surface area contributed by atoms with E-state index in [9.17, 15) is 4.79 Å². The van der Waals surface area contributed by atoms with E-state index in [4.69, 9.17) is 4.74 Å². The maximum absolute atomic E-state index is 12.8. The topological polar surface area (TPSA) is 41.6 Å². The average Bonchev–Trinajstić information content (AvgIpc) is 2.49. The zero-order valence-corrected chi connectivity index (χ0v) is 13.6. The van der Waals surface area contributed by atoms with E-state index in [0.717, 1.165) is 36.9 Å². The number of carbonyl (C=O) groups is 1. The lowest BCUT2D eigenvalue weighted by Gasteiger charge is -2.34. The number of likely N-dealkylation sites (N-methyl/N-ethyl adjacent to an activating group) is 1. The van der Waals surface area contributed by atoms with Gasteiger partial charge in [-0.25, -0.2) is 0 Å². The predicted octanol–water partition coefficient (Wildman–Crippen LogP) is 2.67. The number of nitrogens with one attached hydrogen (secondary N) is 1. The van der Waals surface area contributed by atoms with Gasteiger partial charge < -0.3 is 15.0 Å². The van der Waals surface area contributed by atoms with Crippen LogP contribution in [0.3, 0.4) is 0 Å². The number of methoxy groups -OCH3 is 1. The fourth-order valence-electron chi connectivity index (χ4n) is 2.62. The molecule has 1 heterocycles. The van der Waals surface area contributed by atoms with E-state index in [2.05, 4.69) is 21.2 Å². The monoisotopic (exact) mass is 340 g/mol. The van der Waals surface area contributed by atoms with Crippen LogP contribution in [0, 0.1) is 0 Å². The third-order valence-corrected chi connectivity index (χ3v) is 4.41. The second-order valence-corrected chi connectivity index (χ2v) is 5.79. The van der Waals surface area contributed by atoms with Gasteiger partial charge in [0, 0.05) is 23.6 Å². The Morgan fingerprint density at radius 3 is 2.95 bits per heavy atom. The maximum Gasteiger partial charge on any atom is 0.255 e. The van der Waals surface area contributed by atoms with Crippen LogP contribution in [-0.4, -0.2) is 43.6 Å². The van der Waals surface area contributed by atoms with Crippen LogP contribution in [0.15, 0.2) is 22.7 Å². The van der Waals surface area contributed by atoms with E-state index in [1.54, 1.807) is 13.2 Å². The molecule has 1 N–H and O–H groups in total. The third-order valence-electron chi connectivity index (χ3n) is 3.72. The highest BCUT2D eigenvalue weighted by Gasteiger charge is 2.26. The zero-order chi connectivity index (χ0) is 14.5. The number of carbonyl (C=O) groups excluding carboxylic acids is 1. The molecule has 110 valence electrons. The Hall–Kier alpha value is -1.07. The van der Waals surface area contributed by atoms with Crippen molar-refractivity contribution in [1.82, 2.24) is 10.2 Å². The van der Waals surface area contributed by atoms with E-state index < -0.39 is 0 Å². The van der Waals surface area contributed by atoms with Crippen LogP contribution < -0.4 is 10.1 Å². The van der Waals surface area contributed by atoms with Gasteiger partial charge in [-0.1, -0.05) is 0 Å². The van der Waals surface area contributed by atoms with Crippen LogP contribution in [0.2, 0.25) is 0 Å². The maximum atomic E-state index is 12.8. The van der Waals surface area contributed by atoms with Gasteiger partial charge in [-0.3, -0.25) is 4.79 Å². The molecule has 1 saturated heterocycles. The zero-order valence-electron chi connectivity index (χ0n) is 12.0. The highest BCUT2D eigenvalue weighted by molar-refractivity contribution is 9.10. The molecule has 1 aromatic carbocycles. The highest BCUT2D eigenvalue weighted by Crippen LogP contribution is 2.25. The Balaban J connectivity index is 2.23. The van der Waals surface area contributed by atoms with Crippen LogP contribution in [0.1, 0.15) is 30.1 Å². The second-order valence-electron chi connectivity index (χ2n) is 4.94. The van der Waals surface area contributed by atoms with Gasteiger partial charge in [-0.2, -0.15) is 0 Å². The number of piperidine rings is 1. The summed E-state index contributed by atoms with van der Waals surface area (Å²) in [5, 5.41) is 3.36. The fraction of sp³-hybridized carbons (Fsp3) is 0.533. The quantitative estimate of drug-likeness (QED) is 0.916. The summed E-state index contributed by atoms with van der Waals surface area (Å²) >= 11 is 3.46. The molecule has 0 bridgehead atoms. The predicted molar refractivity (Wildman–Crippen MR) is 83.3 cm³/mol. The lowest BCUT2D eigenvalue weighted by molar-refractivity contribution is 0.0661. The van der Waals surface area contributed by atoms with Crippen LogP contribution in [0.4, 0.5) is 0 Å². The number of amides is 1. The van der Waals surface area contributed by atoms with Crippen LogP contribution in [0.5, 0.6) is 5.75 Å². The standard InChI is InChI=1S/C15H21BrN2O2/c1-3-18(11-5-4-8-17-10-11)15(19)13-9-12(20-2)6-7-14(13)16/h6-7,9,11,17H,3-5,8,10H2,1-2H3. The molecule has 0 saturated carbocycles. The molecule has 4 nitrogen and oxygen atoms in total. The summed E-state index contributed by atoms with van der Waals surface area (Å²) in [7, 11) is 1.61. The molecule has 1 aliphatic rings. The first kappa shape index (κ1) is 15.3. The first-order chi connectivity index (χ1) is 9.67. The van der Waals surface area contributed by atoms with Crippen molar-refractivity contribution in [1.29, 1.82) is 0 Å². The van der Waals surface area contributed by atoms with Gasteiger partial charge in [0.2, 0.25) is 0 Å². The van der Waals surface area contributed by atoms with Crippen molar-refractivity contribution >= 4 is 21.8 Å². The lowest BCUT2D eigenvalue weighted by atomic mass is 10.0. The van der Waals surface area contributed by atoms with Gasteiger partial charge in [0.15, 0.2) is 0 Å². The largest absolute Gasteiger partial charge is 0.497 e. The van der Waals surface area contributed by atoms with E-state index in [0.29, 0.717) is 11.3 Å².